The molecule has 2 rings (SSSR count). The molecule has 0 aliphatic carbocycles. The summed E-state index contributed by atoms with van der Waals surface area (Å²) in [5, 5.41) is 0.862. The van der Waals surface area contributed by atoms with Crippen LogP contribution in [0.1, 0.15) is 20.8 Å². The Balaban J connectivity index is 2.20. The number of halogens is 1. The second-order valence-electron chi connectivity index (χ2n) is 5.31. The highest BCUT2D eigenvalue weighted by Gasteiger charge is 2.15. The maximum atomic E-state index is 5.91. The van der Waals surface area contributed by atoms with Crippen molar-refractivity contribution >= 4 is 33.4 Å². The Hall–Kier alpha value is -1.20. The summed E-state index contributed by atoms with van der Waals surface area (Å²) >= 11 is 5.00. The summed E-state index contributed by atoms with van der Waals surface area (Å²) in [6.07, 6.45) is 0. The molecule has 0 amide bonds. The fraction of sp³-hybridized carbons (Fsp3) is 0.267. The van der Waals surface area contributed by atoms with E-state index in [1.165, 1.54) is 0 Å². The summed E-state index contributed by atoms with van der Waals surface area (Å²) < 4.78 is 6.83. The smallest absolute Gasteiger partial charge is 0.238 e. The minimum absolute atomic E-state index is 0.317. The molecule has 0 spiro atoms. The van der Waals surface area contributed by atoms with E-state index in [2.05, 4.69) is 20.9 Å². The van der Waals surface area contributed by atoms with Gasteiger partial charge in [-0.15, -0.1) is 0 Å². The van der Waals surface area contributed by atoms with E-state index in [0.29, 0.717) is 11.6 Å². The number of aromatic nitrogens is 1. The quantitative estimate of drug-likeness (QED) is 0.865. The molecule has 3 nitrogen and oxygen atoms in total. The monoisotopic (exact) mass is 352 g/mol. The number of rotatable bonds is 3. The molecule has 1 aromatic heterocycles. The molecule has 106 valence electrons. The Morgan fingerprint density at radius 3 is 2.35 bits per heavy atom. The summed E-state index contributed by atoms with van der Waals surface area (Å²) in [5.74, 6) is 0.486. The fourth-order valence-corrected chi connectivity index (χ4v) is 2.53. The molecule has 0 saturated carbocycles. The van der Waals surface area contributed by atoms with Crippen molar-refractivity contribution in [1.29, 1.82) is 0 Å². The van der Waals surface area contributed by atoms with E-state index in [-0.39, 0.29) is 5.60 Å². The van der Waals surface area contributed by atoms with Gasteiger partial charge in [0.25, 0.3) is 0 Å². The predicted octanol–water partition coefficient (Wildman–Crippen LogP) is 4.75. The van der Waals surface area contributed by atoms with Crippen molar-refractivity contribution in [2.45, 2.75) is 36.3 Å². The molecular weight excluding hydrogens is 336 g/mol. The summed E-state index contributed by atoms with van der Waals surface area (Å²) in [6.45, 7) is 5.92. The Labute approximate surface area is 132 Å². The highest BCUT2D eigenvalue weighted by atomic mass is 79.9. The van der Waals surface area contributed by atoms with Crippen LogP contribution < -0.4 is 10.5 Å². The predicted molar refractivity (Wildman–Crippen MR) is 87.3 cm³/mol. The van der Waals surface area contributed by atoms with Gasteiger partial charge in [0.15, 0.2) is 0 Å². The maximum absolute atomic E-state index is 5.91. The van der Waals surface area contributed by atoms with E-state index < -0.39 is 0 Å². The average Bonchev–Trinajstić information content (AvgIpc) is 2.34. The second kappa shape index (κ2) is 6.06. The first-order chi connectivity index (χ1) is 9.33. The molecule has 5 heteroatoms. The van der Waals surface area contributed by atoms with Crippen molar-refractivity contribution in [3.05, 3.63) is 40.9 Å². The van der Waals surface area contributed by atoms with Crippen molar-refractivity contribution < 1.29 is 4.74 Å². The molecule has 0 fully saturated rings. The standard InChI is InChI=1S/C15H17BrN2OS/c1-15(2,3)19-14-12(17)8-9-13(18-14)20-11-6-4-10(16)5-7-11/h4-9H,17H2,1-3H3. The minimum atomic E-state index is -0.317. The largest absolute Gasteiger partial charge is 0.470 e. The lowest BCUT2D eigenvalue weighted by atomic mass is 10.2. The number of hydrogen-bond donors (Lipinski definition) is 1. The molecule has 0 saturated heterocycles. The van der Waals surface area contributed by atoms with Gasteiger partial charge in [-0.05, 0) is 57.2 Å². The van der Waals surface area contributed by atoms with Gasteiger partial charge >= 0.3 is 0 Å². The normalized spacial score (nSPS) is 11.4. The zero-order valence-electron chi connectivity index (χ0n) is 11.7. The summed E-state index contributed by atoms with van der Waals surface area (Å²) in [4.78, 5) is 5.60. The summed E-state index contributed by atoms with van der Waals surface area (Å²) in [7, 11) is 0. The molecule has 0 aliphatic rings. The van der Waals surface area contributed by atoms with Gasteiger partial charge in [0.05, 0.1) is 5.69 Å². The van der Waals surface area contributed by atoms with Crippen molar-refractivity contribution in [2.24, 2.45) is 0 Å². The molecule has 0 unspecified atom stereocenters. The van der Waals surface area contributed by atoms with Crippen molar-refractivity contribution in [3.8, 4) is 5.88 Å². The van der Waals surface area contributed by atoms with Crippen LogP contribution >= 0.6 is 27.7 Å². The van der Waals surface area contributed by atoms with Gasteiger partial charge in [-0.2, -0.15) is 0 Å². The number of nitrogens with zero attached hydrogens (tertiary/aromatic N) is 1. The highest BCUT2D eigenvalue weighted by Crippen LogP contribution is 2.31. The molecule has 20 heavy (non-hydrogen) atoms. The van der Waals surface area contributed by atoms with Gasteiger partial charge in [0.2, 0.25) is 5.88 Å². The van der Waals surface area contributed by atoms with Crippen LogP contribution in [0.4, 0.5) is 5.69 Å². The van der Waals surface area contributed by atoms with E-state index >= 15 is 0 Å². The van der Waals surface area contributed by atoms with Crippen LogP contribution in [-0.2, 0) is 0 Å². The second-order valence-corrected chi connectivity index (χ2v) is 7.32. The summed E-state index contributed by atoms with van der Waals surface area (Å²) in [6, 6.07) is 11.8. The van der Waals surface area contributed by atoms with Crippen LogP contribution in [0.5, 0.6) is 5.88 Å². The highest BCUT2D eigenvalue weighted by molar-refractivity contribution is 9.10. The zero-order chi connectivity index (χ0) is 14.8. The first-order valence-electron chi connectivity index (χ1n) is 6.22. The lowest BCUT2D eigenvalue weighted by Crippen LogP contribution is -2.24. The molecule has 2 N–H and O–H groups in total. The number of benzene rings is 1. The van der Waals surface area contributed by atoms with Gasteiger partial charge in [-0.1, -0.05) is 27.7 Å². The molecule has 1 aromatic carbocycles. The number of anilines is 1. The van der Waals surface area contributed by atoms with Crippen molar-refractivity contribution in [2.75, 3.05) is 5.73 Å². The van der Waals surface area contributed by atoms with Crippen LogP contribution in [0.25, 0.3) is 0 Å². The Morgan fingerprint density at radius 1 is 1.10 bits per heavy atom. The third-order valence-corrected chi connectivity index (χ3v) is 3.78. The van der Waals surface area contributed by atoms with E-state index in [9.17, 15) is 0 Å². The first-order valence-corrected chi connectivity index (χ1v) is 7.83. The molecule has 2 aromatic rings. The number of pyridine rings is 1. The zero-order valence-corrected chi connectivity index (χ0v) is 14.1. The van der Waals surface area contributed by atoms with Crippen LogP contribution in [0.3, 0.4) is 0 Å². The van der Waals surface area contributed by atoms with Gasteiger partial charge < -0.3 is 10.5 Å². The van der Waals surface area contributed by atoms with E-state index in [1.54, 1.807) is 11.8 Å². The minimum Gasteiger partial charge on any atom is -0.470 e. The average molecular weight is 353 g/mol. The van der Waals surface area contributed by atoms with Crippen LogP contribution in [-0.4, -0.2) is 10.6 Å². The molecule has 0 bridgehead atoms. The fourth-order valence-electron chi connectivity index (χ4n) is 1.49. The summed E-state index contributed by atoms with van der Waals surface area (Å²) in [5.41, 5.74) is 6.15. The van der Waals surface area contributed by atoms with Gasteiger partial charge in [0, 0.05) is 9.37 Å². The van der Waals surface area contributed by atoms with E-state index in [4.69, 9.17) is 10.5 Å². The van der Waals surface area contributed by atoms with Crippen molar-refractivity contribution in [3.63, 3.8) is 0 Å². The lowest BCUT2D eigenvalue weighted by Gasteiger charge is -2.21. The Morgan fingerprint density at radius 2 is 1.75 bits per heavy atom. The third kappa shape index (κ3) is 4.42. The molecule has 1 heterocycles. The maximum Gasteiger partial charge on any atom is 0.238 e. The first kappa shape index (κ1) is 15.2. The Kier molecular flexibility index (Phi) is 4.60. The number of nitrogen functional groups attached to an aromatic ring is 1. The van der Waals surface area contributed by atoms with Gasteiger partial charge in [0.1, 0.15) is 10.6 Å². The molecule has 0 radical (unpaired) electrons. The SMILES string of the molecule is CC(C)(C)Oc1nc(Sc2ccc(Br)cc2)ccc1N. The number of ether oxygens (including phenoxy) is 1. The van der Waals surface area contributed by atoms with Gasteiger partial charge in [-0.3, -0.25) is 0 Å². The van der Waals surface area contributed by atoms with Crippen LogP contribution in [0, 0.1) is 0 Å². The molecule has 0 atom stereocenters. The van der Waals surface area contributed by atoms with E-state index in [0.717, 1.165) is 14.4 Å². The molecular formula is C15H17BrN2OS. The Bertz CT molecular complexity index is 594. The van der Waals surface area contributed by atoms with Crippen LogP contribution in [0.15, 0.2) is 50.8 Å². The lowest BCUT2D eigenvalue weighted by molar-refractivity contribution is 0.124. The van der Waals surface area contributed by atoms with Gasteiger partial charge in [-0.25, -0.2) is 4.98 Å². The van der Waals surface area contributed by atoms with Crippen molar-refractivity contribution in [1.82, 2.24) is 4.98 Å². The number of nitrogens with two attached hydrogens (primary N) is 1. The van der Waals surface area contributed by atoms with Crippen LogP contribution in [0.2, 0.25) is 0 Å². The number of hydrogen-bond acceptors (Lipinski definition) is 4. The molecule has 0 aliphatic heterocycles. The van der Waals surface area contributed by atoms with E-state index in [1.807, 2.05) is 57.2 Å². The topological polar surface area (TPSA) is 48.1 Å². The third-order valence-electron chi connectivity index (χ3n) is 2.30.